The van der Waals surface area contributed by atoms with E-state index in [1.807, 2.05) is 6.92 Å². The van der Waals surface area contributed by atoms with Crippen molar-refractivity contribution >= 4 is 11.7 Å². The molecule has 6 nitrogen and oxygen atoms in total. The Morgan fingerprint density at radius 3 is 3.00 bits per heavy atom. The maximum Gasteiger partial charge on any atom is 0.224 e. The molecular weight excluding hydrogens is 234 g/mol. The van der Waals surface area contributed by atoms with Crippen LogP contribution in [0.15, 0.2) is 5.16 Å². The number of oxime groups is 1. The second-order valence-corrected chi connectivity index (χ2v) is 4.57. The Bertz CT molecular complexity index is 294. The Balaban J connectivity index is 2.34. The highest BCUT2D eigenvalue weighted by Crippen LogP contribution is 2.17. The van der Waals surface area contributed by atoms with Crippen LogP contribution in [-0.4, -0.2) is 48.2 Å². The van der Waals surface area contributed by atoms with E-state index in [9.17, 15) is 4.79 Å². The van der Waals surface area contributed by atoms with Crippen LogP contribution in [0.1, 0.15) is 32.6 Å². The van der Waals surface area contributed by atoms with E-state index >= 15 is 0 Å². The Morgan fingerprint density at radius 1 is 1.56 bits per heavy atom. The van der Waals surface area contributed by atoms with Crippen molar-refractivity contribution in [3.8, 4) is 0 Å². The van der Waals surface area contributed by atoms with Gasteiger partial charge in [-0.1, -0.05) is 12.1 Å². The van der Waals surface area contributed by atoms with Crippen molar-refractivity contribution in [2.75, 3.05) is 26.3 Å². The van der Waals surface area contributed by atoms with E-state index in [0.29, 0.717) is 26.2 Å². The molecule has 1 atom stereocenters. The van der Waals surface area contributed by atoms with Crippen LogP contribution >= 0.6 is 0 Å². The lowest BCUT2D eigenvalue weighted by Crippen LogP contribution is -2.44. The molecule has 1 aliphatic rings. The fourth-order valence-corrected chi connectivity index (χ4v) is 2.09. The van der Waals surface area contributed by atoms with Crippen molar-refractivity contribution in [1.82, 2.24) is 4.90 Å². The normalized spacial score (nSPS) is 21.1. The number of nitrogens with zero attached hydrogens (tertiary/aromatic N) is 2. The first kappa shape index (κ1) is 14.8. The largest absolute Gasteiger partial charge is 0.409 e. The lowest BCUT2D eigenvalue weighted by molar-refractivity contribution is -0.133. The standard InChI is InChI=1S/C12H23N3O3/c1-2-7-18-8-5-11(16)15-6-3-4-10(9-15)12(13)14-17/h10,17H,2-9H2,1H3,(H2,13,14). The summed E-state index contributed by atoms with van der Waals surface area (Å²) in [5, 5.41) is 11.7. The summed E-state index contributed by atoms with van der Waals surface area (Å²) >= 11 is 0. The summed E-state index contributed by atoms with van der Waals surface area (Å²) in [6.07, 6.45) is 3.13. The number of hydrogen-bond donors (Lipinski definition) is 2. The number of carbonyl (C=O) groups is 1. The summed E-state index contributed by atoms with van der Waals surface area (Å²) in [4.78, 5) is 13.7. The number of amidine groups is 1. The molecule has 0 aromatic rings. The zero-order valence-electron chi connectivity index (χ0n) is 11.0. The van der Waals surface area contributed by atoms with E-state index in [1.165, 1.54) is 0 Å². The van der Waals surface area contributed by atoms with Crippen LogP contribution in [-0.2, 0) is 9.53 Å². The molecule has 0 aromatic carbocycles. The van der Waals surface area contributed by atoms with Crippen LogP contribution in [0.3, 0.4) is 0 Å². The lowest BCUT2D eigenvalue weighted by Gasteiger charge is -2.32. The number of likely N-dealkylation sites (tertiary alicyclic amines) is 1. The van der Waals surface area contributed by atoms with Crippen molar-refractivity contribution in [3.63, 3.8) is 0 Å². The third kappa shape index (κ3) is 4.52. The summed E-state index contributed by atoms with van der Waals surface area (Å²) in [5.74, 6) is 0.278. The van der Waals surface area contributed by atoms with Crippen LogP contribution in [0.2, 0.25) is 0 Å². The van der Waals surface area contributed by atoms with Crippen LogP contribution in [0, 0.1) is 5.92 Å². The van der Waals surface area contributed by atoms with Crippen molar-refractivity contribution in [1.29, 1.82) is 0 Å². The number of piperidine rings is 1. The Morgan fingerprint density at radius 2 is 2.33 bits per heavy atom. The van der Waals surface area contributed by atoms with Gasteiger partial charge in [0.15, 0.2) is 0 Å². The van der Waals surface area contributed by atoms with E-state index in [2.05, 4.69) is 5.16 Å². The maximum atomic E-state index is 11.9. The van der Waals surface area contributed by atoms with Gasteiger partial charge in [-0.15, -0.1) is 0 Å². The van der Waals surface area contributed by atoms with Crippen molar-refractivity contribution < 1.29 is 14.7 Å². The molecule has 0 spiro atoms. The molecule has 1 saturated heterocycles. The summed E-state index contributed by atoms with van der Waals surface area (Å²) in [5.41, 5.74) is 5.59. The molecule has 0 bridgehead atoms. The van der Waals surface area contributed by atoms with Crippen LogP contribution in [0.5, 0.6) is 0 Å². The summed E-state index contributed by atoms with van der Waals surface area (Å²) in [7, 11) is 0. The highest BCUT2D eigenvalue weighted by molar-refractivity contribution is 5.84. The molecule has 0 aliphatic carbocycles. The van der Waals surface area contributed by atoms with Gasteiger partial charge in [0.1, 0.15) is 5.84 Å². The van der Waals surface area contributed by atoms with Gasteiger partial charge in [0.25, 0.3) is 0 Å². The summed E-state index contributed by atoms with van der Waals surface area (Å²) in [6, 6.07) is 0. The van der Waals surface area contributed by atoms with E-state index < -0.39 is 0 Å². The molecule has 6 heteroatoms. The molecule has 1 aliphatic heterocycles. The van der Waals surface area contributed by atoms with Crippen LogP contribution in [0.4, 0.5) is 0 Å². The average molecular weight is 257 g/mol. The first-order valence-corrected chi connectivity index (χ1v) is 6.52. The van der Waals surface area contributed by atoms with Gasteiger partial charge in [0.2, 0.25) is 5.91 Å². The highest BCUT2D eigenvalue weighted by atomic mass is 16.5. The fraction of sp³-hybridized carbons (Fsp3) is 0.833. The second-order valence-electron chi connectivity index (χ2n) is 4.57. The quantitative estimate of drug-likeness (QED) is 0.242. The predicted octanol–water partition coefficient (Wildman–Crippen LogP) is 0.788. The highest BCUT2D eigenvalue weighted by Gasteiger charge is 2.25. The van der Waals surface area contributed by atoms with Gasteiger partial charge in [-0.05, 0) is 19.3 Å². The molecule has 0 radical (unpaired) electrons. The maximum absolute atomic E-state index is 11.9. The van der Waals surface area contributed by atoms with Gasteiger partial charge in [0.05, 0.1) is 13.0 Å². The number of amides is 1. The zero-order chi connectivity index (χ0) is 13.4. The van der Waals surface area contributed by atoms with E-state index in [-0.39, 0.29) is 17.7 Å². The molecule has 0 aromatic heterocycles. The Labute approximate surface area is 108 Å². The molecule has 1 fully saturated rings. The van der Waals surface area contributed by atoms with Crippen LogP contribution in [0.25, 0.3) is 0 Å². The van der Waals surface area contributed by atoms with Crippen molar-refractivity contribution in [2.45, 2.75) is 32.6 Å². The number of rotatable bonds is 6. The monoisotopic (exact) mass is 257 g/mol. The lowest BCUT2D eigenvalue weighted by atomic mass is 9.97. The molecule has 1 amide bonds. The Kier molecular flexibility index (Phi) is 6.49. The van der Waals surface area contributed by atoms with Crippen molar-refractivity contribution in [2.24, 2.45) is 16.8 Å². The number of hydrogen-bond acceptors (Lipinski definition) is 4. The first-order chi connectivity index (χ1) is 8.69. The third-order valence-electron chi connectivity index (χ3n) is 3.12. The Hall–Kier alpha value is -1.30. The second kappa shape index (κ2) is 7.92. The van der Waals surface area contributed by atoms with Crippen LogP contribution < -0.4 is 5.73 Å². The zero-order valence-corrected chi connectivity index (χ0v) is 11.0. The molecule has 18 heavy (non-hydrogen) atoms. The molecule has 104 valence electrons. The third-order valence-corrected chi connectivity index (χ3v) is 3.12. The predicted molar refractivity (Wildman–Crippen MR) is 68.4 cm³/mol. The minimum absolute atomic E-state index is 0.0238. The van der Waals surface area contributed by atoms with Gasteiger partial charge in [0, 0.05) is 25.6 Å². The van der Waals surface area contributed by atoms with E-state index in [4.69, 9.17) is 15.7 Å². The van der Waals surface area contributed by atoms with Gasteiger partial charge in [-0.25, -0.2) is 0 Å². The summed E-state index contributed by atoms with van der Waals surface area (Å²) < 4.78 is 5.30. The SMILES string of the molecule is CCCOCCC(=O)N1CCCC(C(N)=NO)C1. The van der Waals surface area contributed by atoms with Gasteiger partial charge >= 0.3 is 0 Å². The molecule has 0 saturated carbocycles. The molecule has 1 heterocycles. The summed E-state index contributed by atoms with van der Waals surface area (Å²) in [6.45, 7) is 4.50. The van der Waals surface area contributed by atoms with Crippen molar-refractivity contribution in [3.05, 3.63) is 0 Å². The molecule has 1 rings (SSSR count). The minimum Gasteiger partial charge on any atom is -0.409 e. The van der Waals surface area contributed by atoms with E-state index in [0.717, 1.165) is 25.8 Å². The molecular formula is C12H23N3O3. The molecule has 3 N–H and O–H groups in total. The van der Waals surface area contributed by atoms with E-state index in [1.54, 1.807) is 4.90 Å². The van der Waals surface area contributed by atoms with Gasteiger partial charge < -0.3 is 20.6 Å². The number of nitrogens with two attached hydrogens (primary N) is 1. The first-order valence-electron chi connectivity index (χ1n) is 6.52. The minimum atomic E-state index is -0.0238. The number of ether oxygens (including phenoxy) is 1. The van der Waals surface area contributed by atoms with Gasteiger partial charge in [-0.3, -0.25) is 4.79 Å². The number of carbonyl (C=O) groups excluding carboxylic acids is 1. The fourth-order valence-electron chi connectivity index (χ4n) is 2.09. The average Bonchev–Trinajstić information content (AvgIpc) is 2.42. The van der Waals surface area contributed by atoms with Gasteiger partial charge in [-0.2, -0.15) is 0 Å². The smallest absolute Gasteiger partial charge is 0.224 e. The molecule has 1 unspecified atom stereocenters. The topological polar surface area (TPSA) is 88.2 Å².